The molecule has 0 bridgehead atoms. The maximum Gasteiger partial charge on any atom is 0.164 e. The van der Waals surface area contributed by atoms with Crippen molar-refractivity contribution in [3.63, 3.8) is 0 Å². The van der Waals surface area contributed by atoms with Crippen molar-refractivity contribution in [1.29, 1.82) is 0 Å². The van der Waals surface area contributed by atoms with Crippen LogP contribution >= 0.6 is 50.1 Å². The SMILES string of the molecule is Fc1c(Br)c(I)cc2c(Cl)ncnc12. The predicted molar refractivity (Wildman–Crippen MR) is 64.9 cm³/mol. The van der Waals surface area contributed by atoms with Crippen LogP contribution in [0, 0.1) is 9.39 Å². The zero-order valence-electron chi connectivity index (χ0n) is 6.56. The second-order valence-corrected chi connectivity index (χ2v) is 4.86. The molecule has 72 valence electrons. The van der Waals surface area contributed by atoms with Crippen molar-refractivity contribution in [1.82, 2.24) is 9.97 Å². The Bertz CT molecular complexity index is 520. The average Bonchev–Trinajstić information content (AvgIpc) is 2.17. The van der Waals surface area contributed by atoms with Gasteiger partial charge >= 0.3 is 0 Å². The van der Waals surface area contributed by atoms with Gasteiger partial charge in [-0.15, -0.1) is 0 Å². The maximum atomic E-state index is 13.6. The number of hydrogen-bond donors (Lipinski definition) is 0. The van der Waals surface area contributed by atoms with Gasteiger partial charge in [0.2, 0.25) is 0 Å². The molecule has 2 rings (SSSR count). The molecule has 0 amide bonds. The maximum absolute atomic E-state index is 13.6. The molecule has 0 radical (unpaired) electrons. The minimum Gasteiger partial charge on any atom is -0.233 e. The molecule has 0 atom stereocenters. The highest BCUT2D eigenvalue weighted by atomic mass is 127. The molecule has 6 heteroatoms. The van der Waals surface area contributed by atoms with E-state index in [1.807, 2.05) is 22.6 Å². The third kappa shape index (κ3) is 1.61. The fourth-order valence-electron chi connectivity index (χ4n) is 1.08. The fraction of sp³-hybridized carbons (Fsp3) is 0. The first-order valence-corrected chi connectivity index (χ1v) is 5.80. The Labute approximate surface area is 106 Å². The quantitative estimate of drug-likeness (QED) is 0.391. The summed E-state index contributed by atoms with van der Waals surface area (Å²) in [6, 6.07) is 1.74. The first-order chi connectivity index (χ1) is 6.61. The summed E-state index contributed by atoms with van der Waals surface area (Å²) in [4.78, 5) is 7.63. The van der Waals surface area contributed by atoms with Crippen molar-refractivity contribution in [2.24, 2.45) is 0 Å². The lowest BCUT2D eigenvalue weighted by Gasteiger charge is -2.03. The number of nitrogens with zero attached hydrogens (tertiary/aromatic N) is 2. The van der Waals surface area contributed by atoms with E-state index < -0.39 is 5.82 Å². The van der Waals surface area contributed by atoms with Crippen molar-refractivity contribution in [3.8, 4) is 0 Å². The summed E-state index contributed by atoms with van der Waals surface area (Å²) in [5.74, 6) is -0.406. The molecule has 0 aliphatic rings. The van der Waals surface area contributed by atoms with Gasteiger partial charge in [0.25, 0.3) is 0 Å². The lowest BCUT2D eigenvalue weighted by Crippen LogP contribution is -1.91. The monoisotopic (exact) mass is 386 g/mol. The average molecular weight is 387 g/mol. The highest BCUT2D eigenvalue weighted by molar-refractivity contribution is 14.1. The minimum atomic E-state index is -0.406. The zero-order chi connectivity index (χ0) is 10.3. The molecule has 0 aliphatic heterocycles. The molecule has 0 saturated carbocycles. The predicted octanol–water partition coefficient (Wildman–Crippen LogP) is 3.79. The third-order valence-electron chi connectivity index (χ3n) is 1.72. The van der Waals surface area contributed by atoms with Gasteiger partial charge in [-0.3, -0.25) is 0 Å². The Kier molecular flexibility index (Phi) is 2.90. The molecule has 0 saturated heterocycles. The second kappa shape index (κ2) is 3.86. The summed E-state index contributed by atoms with van der Waals surface area (Å²) < 4.78 is 14.8. The van der Waals surface area contributed by atoms with Gasteiger partial charge in [0.1, 0.15) is 17.0 Å². The van der Waals surface area contributed by atoms with Crippen LogP contribution in [0.3, 0.4) is 0 Å². The summed E-state index contributed by atoms with van der Waals surface area (Å²) in [5.41, 5.74) is 0.234. The number of halogens is 4. The Morgan fingerprint density at radius 1 is 1.43 bits per heavy atom. The molecule has 1 aromatic heterocycles. The van der Waals surface area contributed by atoms with Crippen molar-refractivity contribution in [2.75, 3.05) is 0 Å². The number of benzene rings is 1. The lowest BCUT2D eigenvalue weighted by molar-refractivity contribution is 0.629. The van der Waals surface area contributed by atoms with Crippen LogP contribution < -0.4 is 0 Å². The van der Waals surface area contributed by atoms with Crippen LogP contribution in [0.2, 0.25) is 5.15 Å². The minimum absolute atomic E-state index is 0.234. The van der Waals surface area contributed by atoms with Crippen LogP contribution in [0.1, 0.15) is 0 Å². The second-order valence-electron chi connectivity index (χ2n) is 2.55. The van der Waals surface area contributed by atoms with E-state index in [1.165, 1.54) is 6.33 Å². The largest absolute Gasteiger partial charge is 0.233 e. The van der Waals surface area contributed by atoms with E-state index in [0.29, 0.717) is 9.86 Å². The number of rotatable bonds is 0. The van der Waals surface area contributed by atoms with Gasteiger partial charge in [0.15, 0.2) is 5.82 Å². The topological polar surface area (TPSA) is 25.8 Å². The van der Waals surface area contributed by atoms with E-state index in [1.54, 1.807) is 6.07 Å². The highest BCUT2D eigenvalue weighted by Crippen LogP contribution is 2.30. The van der Waals surface area contributed by atoms with E-state index in [4.69, 9.17) is 11.6 Å². The van der Waals surface area contributed by atoms with Crippen LogP contribution in [0.4, 0.5) is 4.39 Å². The normalized spacial score (nSPS) is 10.9. The molecule has 0 spiro atoms. The number of aromatic nitrogens is 2. The van der Waals surface area contributed by atoms with Gasteiger partial charge in [0.05, 0.1) is 4.47 Å². The lowest BCUT2D eigenvalue weighted by atomic mass is 10.2. The van der Waals surface area contributed by atoms with Crippen LogP contribution in [-0.4, -0.2) is 9.97 Å². The summed E-state index contributed by atoms with van der Waals surface area (Å²) in [5, 5.41) is 0.790. The number of hydrogen-bond acceptors (Lipinski definition) is 2. The van der Waals surface area contributed by atoms with Crippen molar-refractivity contribution >= 4 is 61.0 Å². The molecular weight excluding hydrogens is 385 g/mol. The Morgan fingerprint density at radius 3 is 2.86 bits per heavy atom. The van der Waals surface area contributed by atoms with E-state index in [9.17, 15) is 4.39 Å². The Balaban J connectivity index is 2.98. The van der Waals surface area contributed by atoms with Gasteiger partial charge in [-0.2, -0.15) is 0 Å². The molecule has 1 heterocycles. The van der Waals surface area contributed by atoms with Crippen molar-refractivity contribution < 1.29 is 4.39 Å². The van der Waals surface area contributed by atoms with Crippen molar-refractivity contribution in [2.45, 2.75) is 0 Å². The van der Waals surface area contributed by atoms with Gasteiger partial charge in [-0.1, -0.05) is 11.6 Å². The van der Waals surface area contributed by atoms with Crippen LogP contribution in [-0.2, 0) is 0 Å². The first kappa shape index (κ1) is 10.5. The Morgan fingerprint density at radius 2 is 2.14 bits per heavy atom. The van der Waals surface area contributed by atoms with Gasteiger partial charge in [-0.25, -0.2) is 14.4 Å². The molecule has 2 nitrogen and oxygen atoms in total. The smallest absolute Gasteiger partial charge is 0.164 e. The molecule has 0 fully saturated rings. The van der Waals surface area contributed by atoms with Gasteiger partial charge in [-0.05, 0) is 44.6 Å². The van der Waals surface area contributed by atoms with Crippen LogP contribution in [0.15, 0.2) is 16.9 Å². The van der Waals surface area contributed by atoms with Gasteiger partial charge < -0.3 is 0 Å². The molecule has 1 aromatic carbocycles. The first-order valence-electron chi connectivity index (χ1n) is 3.55. The van der Waals surface area contributed by atoms with Crippen molar-refractivity contribution in [3.05, 3.63) is 31.4 Å². The van der Waals surface area contributed by atoms with Crippen LogP contribution in [0.25, 0.3) is 10.9 Å². The molecule has 0 aliphatic carbocycles. The standard InChI is InChI=1S/C8H2BrClFIN2/c9-5-4(12)1-3-7(6(5)11)13-2-14-8(3)10/h1-2H. The van der Waals surface area contributed by atoms with E-state index in [0.717, 1.165) is 3.57 Å². The molecule has 0 N–H and O–H groups in total. The fourth-order valence-corrected chi connectivity index (χ4v) is 2.11. The highest BCUT2D eigenvalue weighted by Gasteiger charge is 2.12. The molecular formula is C8H2BrClFIN2. The summed E-state index contributed by atoms with van der Waals surface area (Å²) in [6.45, 7) is 0. The summed E-state index contributed by atoms with van der Waals surface area (Å²) in [7, 11) is 0. The van der Waals surface area contributed by atoms with Crippen LogP contribution in [0.5, 0.6) is 0 Å². The van der Waals surface area contributed by atoms with E-state index >= 15 is 0 Å². The zero-order valence-corrected chi connectivity index (χ0v) is 11.1. The van der Waals surface area contributed by atoms with Gasteiger partial charge in [0, 0.05) is 8.96 Å². The summed E-state index contributed by atoms with van der Waals surface area (Å²) >= 11 is 11.0. The molecule has 0 unspecified atom stereocenters. The van der Waals surface area contributed by atoms with E-state index in [-0.39, 0.29) is 10.7 Å². The van der Waals surface area contributed by atoms with E-state index in [2.05, 4.69) is 25.9 Å². The molecule has 2 aromatic rings. The Hall–Kier alpha value is -0.0100. The third-order valence-corrected chi connectivity index (χ3v) is 4.39. The summed E-state index contributed by atoms with van der Waals surface area (Å²) in [6.07, 6.45) is 1.24. The molecule has 14 heavy (non-hydrogen) atoms. The number of fused-ring (bicyclic) bond motifs is 1.